The zero-order chi connectivity index (χ0) is 20.8. The van der Waals surface area contributed by atoms with Gasteiger partial charge in [-0.05, 0) is 42.3 Å². The van der Waals surface area contributed by atoms with Gasteiger partial charge in [-0.1, -0.05) is 48.5 Å². The van der Waals surface area contributed by atoms with Crippen molar-refractivity contribution in [2.75, 3.05) is 23.8 Å². The molecule has 30 heavy (non-hydrogen) atoms. The van der Waals surface area contributed by atoms with Gasteiger partial charge in [0.05, 0.1) is 5.69 Å². The lowest BCUT2D eigenvalue weighted by molar-refractivity contribution is 0.628. The average Bonchev–Trinajstić information content (AvgIpc) is 2.80. The van der Waals surface area contributed by atoms with Gasteiger partial charge in [-0.25, -0.2) is 14.4 Å². The van der Waals surface area contributed by atoms with Crippen LogP contribution in [0.5, 0.6) is 0 Å². The number of rotatable bonds is 7. The molecule has 0 radical (unpaired) electrons. The van der Waals surface area contributed by atoms with Crippen molar-refractivity contribution < 1.29 is 4.39 Å². The molecule has 2 aromatic carbocycles. The Morgan fingerprint density at radius 3 is 2.50 bits per heavy atom. The first kappa shape index (κ1) is 19.5. The highest BCUT2D eigenvalue weighted by atomic mass is 19.1. The van der Waals surface area contributed by atoms with Crippen LogP contribution in [0.15, 0.2) is 85.1 Å². The van der Waals surface area contributed by atoms with Crippen molar-refractivity contribution in [1.29, 1.82) is 0 Å². The quantitative estimate of drug-likeness (QED) is 0.469. The molecule has 2 heterocycles. The van der Waals surface area contributed by atoms with Crippen LogP contribution in [0.1, 0.15) is 5.56 Å². The van der Waals surface area contributed by atoms with E-state index in [0.29, 0.717) is 17.5 Å². The van der Waals surface area contributed by atoms with Crippen LogP contribution in [-0.4, -0.2) is 28.5 Å². The Bertz CT molecular complexity index is 1120. The molecule has 4 aromatic rings. The molecule has 150 valence electrons. The molecule has 0 fully saturated rings. The van der Waals surface area contributed by atoms with Crippen LogP contribution in [0, 0.1) is 5.82 Å². The molecule has 6 heteroatoms. The van der Waals surface area contributed by atoms with Crippen LogP contribution >= 0.6 is 0 Å². The Balaban J connectivity index is 1.47. The maximum absolute atomic E-state index is 13.6. The molecule has 0 spiro atoms. The second kappa shape index (κ2) is 9.13. The minimum Gasteiger partial charge on any atom is -0.354 e. The van der Waals surface area contributed by atoms with Gasteiger partial charge in [-0.2, -0.15) is 4.98 Å². The van der Waals surface area contributed by atoms with Crippen molar-refractivity contribution in [3.63, 3.8) is 0 Å². The number of nitrogens with zero attached hydrogens (tertiary/aromatic N) is 4. The van der Waals surface area contributed by atoms with E-state index in [1.807, 2.05) is 60.5 Å². The van der Waals surface area contributed by atoms with Crippen molar-refractivity contribution in [1.82, 2.24) is 15.0 Å². The van der Waals surface area contributed by atoms with Gasteiger partial charge < -0.3 is 10.2 Å². The summed E-state index contributed by atoms with van der Waals surface area (Å²) < 4.78 is 13.6. The summed E-state index contributed by atoms with van der Waals surface area (Å²) in [5.41, 5.74) is 2.70. The topological polar surface area (TPSA) is 53.9 Å². The monoisotopic (exact) mass is 399 g/mol. The number of pyridine rings is 1. The van der Waals surface area contributed by atoms with Crippen LogP contribution in [0.4, 0.5) is 22.0 Å². The molecule has 0 aliphatic rings. The number of anilines is 3. The highest BCUT2D eigenvalue weighted by Crippen LogP contribution is 2.24. The first-order valence-corrected chi connectivity index (χ1v) is 9.76. The second-order valence-electron chi connectivity index (χ2n) is 6.85. The molecule has 5 nitrogen and oxygen atoms in total. The van der Waals surface area contributed by atoms with Gasteiger partial charge in [-0.15, -0.1) is 0 Å². The van der Waals surface area contributed by atoms with E-state index >= 15 is 0 Å². The summed E-state index contributed by atoms with van der Waals surface area (Å²) in [5.74, 6) is 1.72. The average molecular weight is 399 g/mol. The lowest BCUT2D eigenvalue weighted by atomic mass is 10.1. The van der Waals surface area contributed by atoms with E-state index in [9.17, 15) is 4.39 Å². The molecule has 0 aliphatic carbocycles. The van der Waals surface area contributed by atoms with Crippen molar-refractivity contribution in [2.45, 2.75) is 6.42 Å². The summed E-state index contributed by atoms with van der Waals surface area (Å²) in [4.78, 5) is 15.5. The van der Waals surface area contributed by atoms with Gasteiger partial charge in [0.25, 0.3) is 0 Å². The zero-order valence-electron chi connectivity index (χ0n) is 16.7. The maximum atomic E-state index is 13.6. The molecule has 0 unspecified atom stereocenters. The maximum Gasteiger partial charge on any atom is 0.224 e. The van der Waals surface area contributed by atoms with Crippen molar-refractivity contribution in [3.8, 4) is 11.3 Å². The molecule has 2 aromatic heterocycles. The third-order valence-electron chi connectivity index (χ3n) is 4.72. The SMILES string of the molecule is CN(c1cccc(-c2cccc(F)c2)n1)c1ccnc(NCCc2ccccc2)n1. The number of hydrogen-bond donors (Lipinski definition) is 1. The van der Waals surface area contributed by atoms with Crippen LogP contribution in [0.2, 0.25) is 0 Å². The lowest BCUT2D eigenvalue weighted by Crippen LogP contribution is -2.15. The van der Waals surface area contributed by atoms with E-state index < -0.39 is 0 Å². The number of hydrogen-bond acceptors (Lipinski definition) is 5. The molecule has 0 aliphatic heterocycles. The van der Waals surface area contributed by atoms with Crippen molar-refractivity contribution >= 4 is 17.6 Å². The normalized spacial score (nSPS) is 10.6. The number of halogens is 1. The highest BCUT2D eigenvalue weighted by Gasteiger charge is 2.10. The lowest BCUT2D eigenvalue weighted by Gasteiger charge is -2.18. The Kier molecular flexibility index (Phi) is 5.94. The Morgan fingerprint density at radius 2 is 1.67 bits per heavy atom. The molecule has 4 rings (SSSR count). The molecule has 0 saturated heterocycles. The molecule has 1 N–H and O–H groups in total. The first-order chi connectivity index (χ1) is 14.7. The summed E-state index contributed by atoms with van der Waals surface area (Å²) in [6.07, 6.45) is 2.61. The largest absolute Gasteiger partial charge is 0.354 e. The Labute approximate surface area is 175 Å². The van der Waals surface area contributed by atoms with Gasteiger partial charge in [0, 0.05) is 25.4 Å². The molecule has 0 amide bonds. The van der Waals surface area contributed by atoms with Crippen LogP contribution in [0.3, 0.4) is 0 Å². The van der Waals surface area contributed by atoms with Gasteiger partial charge in [0.15, 0.2) is 0 Å². The van der Waals surface area contributed by atoms with Crippen LogP contribution < -0.4 is 10.2 Å². The third kappa shape index (κ3) is 4.78. The van der Waals surface area contributed by atoms with Crippen LogP contribution in [-0.2, 0) is 6.42 Å². The van der Waals surface area contributed by atoms with E-state index in [0.717, 1.165) is 24.3 Å². The predicted molar refractivity (Wildman–Crippen MR) is 118 cm³/mol. The van der Waals surface area contributed by atoms with E-state index in [2.05, 4.69) is 32.4 Å². The number of nitrogens with one attached hydrogen (secondary N) is 1. The standard InChI is InChI=1S/C24H22FN5/c1-30(22-12-6-11-21(28-22)19-9-5-10-20(25)17-19)23-14-16-27-24(29-23)26-15-13-18-7-3-2-4-8-18/h2-12,14,16-17H,13,15H2,1H3,(H,26,27,29). The van der Waals surface area contributed by atoms with Gasteiger partial charge >= 0.3 is 0 Å². The van der Waals surface area contributed by atoms with E-state index in [-0.39, 0.29) is 5.82 Å². The van der Waals surface area contributed by atoms with E-state index in [4.69, 9.17) is 0 Å². The zero-order valence-corrected chi connectivity index (χ0v) is 16.7. The smallest absolute Gasteiger partial charge is 0.224 e. The Hall–Kier alpha value is -3.80. The molecular formula is C24H22FN5. The summed E-state index contributed by atoms with van der Waals surface area (Å²) in [7, 11) is 1.90. The van der Waals surface area contributed by atoms with Gasteiger partial charge in [-0.3, -0.25) is 0 Å². The number of benzene rings is 2. The van der Waals surface area contributed by atoms with Gasteiger partial charge in [0.2, 0.25) is 5.95 Å². The van der Waals surface area contributed by atoms with Crippen molar-refractivity contribution in [3.05, 3.63) is 96.4 Å². The van der Waals surface area contributed by atoms with Gasteiger partial charge in [0.1, 0.15) is 17.5 Å². The predicted octanol–water partition coefficient (Wildman–Crippen LogP) is 5.10. The minimum atomic E-state index is -0.282. The third-order valence-corrected chi connectivity index (χ3v) is 4.72. The second-order valence-corrected chi connectivity index (χ2v) is 6.85. The highest BCUT2D eigenvalue weighted by molar-refractivity contribution is 5.64. The number of aromatic nitrogens is 3. The van der Waals surface area contributed by atoms with Crippen molar-refractivity contribution in [2.24, 2.45) is 0 Å². The Morgan fingerprint density at radius 1 is 0.867 bits per heavy atom. The molecular weight excluding hydrogens is 377 g/mol. The minimum absolute atomic E-state index is 0.282. The van der Waals surface area contributed by atoms with E-state index in [1.165, 1.54) is 17.7 Å². The summed E-state index contributed by atoms with van der Waals surface area (Å²) >= 11 is 0. The van der Waals surface area contributed by atoms with Crippen LogP contribution in [0.25, 0.3) is 11.3 Å². The summed E-state index contributed by atoms with van der Waals surface area (Å²) in [6.45, 7) is 0.741. The molecule has 0 saturated carbocycles. The fraction of sp³-hybridized carbons (Fsp3) is 0.125. The first-order valence-electron chi connectivity index (χ1n) is 9.76. The summed E-state index contributed by atoms with van der Waals surface area (Å²) in [5, 5.41) is 3.27. The fourth-order valence-corrected chi connectivity index (χ4v) is 3.12. The van der Waals surface area contributed by atoms with E-state index in [1.54, 1.807) is 12.3 Å². The summed E-state index contributed by atoms with van der Waals surface area (Å²) in [6, 6.07) is 24.2. The molecule has 0 atom stereocenters. The fourth-order valence-electron chi connectivity index (χ4n) is 3.12. The molecule has 0 bridgehead atoms.